The molecule has 0 atom stereocenters. The molecule has 3 nitrogen and oxygen atoms in total. The fourth-order valence-corrected chi connectivity index (χ4v) is 1.09. The molecule has 0 radical (unpaired) electrons. The highest BCUT2D eigenvalue weighted by Crippen LogP contribution is 2.12. The first-order valence-corrected chi connectivity index (χ1v) is 5.06. The Kier molecular flexibility index (Phi) is 4.16. The maximum absolute atomic E-state index is 5.54. The van der Waals surface area contributed by atoms with Gasteiger partial charge in [0.05, 0.1) is 12.3 Å². The van der Waals surface area contributed by atoms with Crippen LogP contribution < -0.4 is 4.74 Å². The lowest BCUT2D eigenvalue weighted by Gasteiger charge is -2.09. The molecular formula is C12H18N2O. The van der Waals surface area contributed by atoms with Gasteiger partial charge in [-0.2, -0.15) is 5.10 Å². The zero-order valence-electron chi connectivity index (χ0n) is 9.77. The quantitative estimate of drug-likeness (QED) is 0.558. The second-order valence-electron chi connectivity index (χ2n) is 3.83. The summed E-state index contributed by atoms with van der Waals surface area (Å²) in [5, 5.41) is 5.92. The SMILES string of the molecule is CC(C)Oc1ccc(/C=N/N(C)C)cc1. The number of rotatable bonds is 4. The first-order valence-electron chi connectivity index (χ1n) is 5.06. The van der Waals surface area contributed by atoms with E-state index in [0.717, 1.165) is 11.3 Å². The summed E-state index contributed by atoms with van der Waals surface area (Å²) in [4.78, 5) is 0. The third kappa shape index (κ3) is 4.49. The van der Waals surface area contributed by atoms with Crippen molar-refractivity contribution < 1.29 is 4.74 Å². The Balaban J connectivity index is 2.64. The summed E-state index contributed by atoms with van der Waals surface area (Å²) in [6.45, 7) is 4.03. The maximum atomic E-state index is 5.54. The van der Waals surface area contributed by atoms with E-state index in [-0.39, 0.29) is 6.10 Å². The topological polar surface area (TPSA) is 24.8 Å². The molecular weight excluding hydrogens is 188 g/mol. The molecule has 0 amide bonds. The summed E-state index contributed by atoms with van der Waals surface area (Å²) in [7, 11) is 3.79. The van der Waals surface area contributed by atoms with Crippen LogP contribution in [-0.2, 0) is 0 Å². The van der Waals surface area contributed by atoms with Crippen LogP contribution in [-0.4, -0.2) is 31.4 Å². The van der Waals surface area contributed by atoms with Crippen molar-refractivity contribution in [1.82, 2.24) is 5.01 Å². The van der Waals surface area contributed by atoms with E-state index >= 15 is 0 Å². The Bertz CT molecular complexity index is 315. The minimum Gasteiger partial charge on any atom is -0.491 e. The second kappa shape index (κ2) is 5.39. The van der Waals surface area contributed by atoms with Gasteiger partial charge in [-0.25, -0.2) is 0 Å². The van der Waals surface area contributed by atoms with Crippen molar-refractivity contribution in [2.75, 3.05) is 14.1 Å². The van der Waals surface area contributed by atoms with Crippen molar-refractivity contribution in [2.24, 2.45) is 5.10 Å². The van der Waals surface area contributed by atoms with Gasteiger partial charge >= 0.3 is 0 Å². The molecule has 0 unspecified atom stereocenters. The maximum Gasteiger partial charge on any atom is 0.119 e. The van der Waals surface area contributed by atoms with Crippen LogP contribution in [0.1, 0.15) is 19.4 Å². The van der Waals surface area contributed by atoms with Crippen LogP contribution in [0.15, 0.2) is 29.4 Å². The van der Waals surface area contributed by atoms with E-state index < -0.39 is 0 Å². The average molecular weight is 206 g/mol. The predicted molar refractivity (Wildman–Crippen MR) is 63.5 cm³/mol. The van der Waals surface area contributed by atoms with Gasteiger partial charge in [0.25, 0.3) is 0 Å². The molecule has 0 heterocycles. The summed E-state index contributed by atoms with van der Waals surface area (Å²) in [5.74, 6) is 0.895. The van der Waals surface area contributed by atoms with Crippen molar-refractivity contribution in [3.05, 3.63) is 29.8 Å². The molecule has 15 heavy (non-hydrogen) atoms. The van der Waals surface area contributed by atoms with Crippen LogP contribution in [0.5, 0.6) is 5.75 Å². The van der Waals surface area contributed by atoms with Crippen molar-refractivity contribution in [3.63, 3.8) is 0 Å². The molecule has 0 aliphatic rings. The van der Waals surface area contributed by atoms with E-state index in [2.05, 4.69) is 5.10 Å². The van der Waals surface area contributed by atoms with Crippen molar-refractivity contribution in [2.45, 2.75) is 20.0 Å². The lowest BCUT2D eigenvalue weighted by Crippen LogP contribution is -2.05. The summed E-state index contributed by atoms with van der Waals surface area (Å²) < 4.78 is 5.54. The smallest absolute Gasteiger partial charge is 0.119 e. The summed E-state index contributed by atoms with van der Waals surface area (Å²) >= 11 is 0. The average Bonchev–Trinajstić information content (AvgIpc) is 2.16. The van der Waals surface area contributed by atoms with E-state index in [9.17, 15) is 0 Å². The van der Waals surface area contributed by atoms with Gasteiger partial charge in [-0.05, 0) is 43.7 Å². The summed E-state index contributed by atoms with van der Waals surface area (Å²) in [5.41, 5.74) is 1.07. The van der Waals surface area contributed by atoms with Gasteiger partial charge in [0.2, 0.25) is 0 Å². The molecule has 1 aromatic rings. The minimum atomic E-state index is 0.214. The zero-order valence-corrected chi connectivity index (χ0v) is 9.77. The fourth-order valence-electron chi connectivity index (χ4n) is 1.09. The van der Waals surface area contributed by atoms with E-state index in [1.54, 1.807) is 5.01 Å². The Morgan fingerprint density at radius 2 is 1.80 bits per heavy atom. The molecule has 0 spiro atoms. The van der Waals surface area contributed by atoms with Crippen molar-refractivity contribution >= 4 is 6.21 Å². The van der Waals surface area contributed by atoms with Gasteiger partial charge in [-0.1, -0.05) is 0 Å². The molecule has 1 rings (SSSR count). The van der Waals surface area contributed by atoms with Gasteiger partial charge in [0.1, 0.15) is 5.75 Å². The molecule has 3 heteroatoms. The first-order chi connectivity index (χ1) is 7.08. The highest BCUT2D eigenvalue weighted by Gasteiger charge is 1.96. The second-order valence-corrected chi connectivity index (χ2v) is 3.83. The van der Waals surface area contributed by atoms with Crippen LogP contribution in [0.3, 0.4) is 0 Å². The van der Waals surface area contributed by atoms with Gasteiger partial charge in [0.15, 0.2) is 0 Å². The molecule has 0 aliphatic heterocycles. The number of hydrogen-bond acceptors (Lipinski definition) is 3. The first kappa shape index (κ1) is 11.6. The molecule has 0 aliphatic carbocycles. The monoisotopic (exact) mass is 206 g/mol. The van der Waals surface area contributed by atoms with Gasteiger partial charge in [0, 0.05) is 14.1 Å². The molecule has 0 fully saturated rings. The number of ether oxygens (including phenoxy) is 1. The van der Waals surface area contributed by atoms with Gasteiger partial charge in [-0.3, -0.25) is 0 Å². The Morgan fingerprint density at radius 1 is 1.20 bits per heavy atom. The minimum absolute atomic E-state index is 0.214. The molecule has 0 bridgehead atoms. The third-order valence-electron chi connectivity index (χ3n) is 1.69. The lowest BCUT2D eigenvalue weighted by atomic mass is 10.2. The van der Waals surface area contributed by atoms with Gasteiger partial charge in [-0.15, -0.1) is 0 Å². The largest absolute Gasteiger partial charge is 0.491 e. The Labute approximate surface area is 91.4 Å². The molecule has 82 valence electrons. The molecule has 1 aromatic carbocycles. The fraction of sp³-hybridized carbons (Fsp3) is 0.417. The van der Waals surface area contributed by atoms with Crippen LogP contribution in [0.2, 0.25) is 0 Å². The van der Waals surface area contributed by atoms with E-state index in [1.807, 2.05) is 58.4 Å². The molecule has 0 saturated carbocycles. The van der Waals surface area contributed by atoms with Crippen LogP contribution in [0.4, 0.5) is 0 Å². The Hall–Kier alpha value is -1.51. The summed E-state index contributed by atoms with van der Waals surface area (Å²) in [6, 6.07) is 7.89. The van der Waals surface area contributed by atoms with E-state index in [1.165, 1.54) is 0 Å². The number of benzene rings is 1. The highest BCUT2D eigenvalue weighted by molar-refractivity contribution is 5.79. The molecule has 0 aromatic heterocycles. The van der Waals surface area contributed by atoms with Crippen LogP contribution in [0.25, 0.3) is 0 Å². The predicted octanol–water partition coefficient (Wildman–Crippen LogP) is 2.37. The molecule has 0 saturated heterocycles. The number of hydrogen-bond donors (Lipinski definition) is 0. The molecule has 0 N–H and O–H groups in total. The number of hydrazone groups is 1. The standard InChI is InChI=1S/C12H18N2O/c1-10(2)15-12-7-5-11(6-8-12)9-13-14(3)4/h5-10H,1-4H3/b13-9+. The normalized spacial score (nSPS) is 11.0. The lowest BCUT2D eigenvalue weighted by molar-refractivity contribution is 0.242. The third-order valence-corrected chi connectivity index (χ3v) is 1.69. The summed E-state index contributed by atoms with van der Waals surface area (Å²) in [6.07, 6.45) is 2.03. The zero-order chi connectivity index (χ0) is 11.3. The number of nitrogens with zero attached hydrogens (tertiary/aromatic N) is 2. The Morgan fingerprint density at radius 3 is 2.27 bits per heavy atom. The van der Waals surface area contributed by atoms with Crippen LogP contribution in [0, 0.1) is 0 Å². The highest BCUT2D eigenvalue weighted by atomic mass is 16.5. The van der Waals surface area contributed by atoms with E-state index in [4.69, 9.17) is 4.74 Å². The van der Waals surface area contributed by atoms with Crippen molar-refractivity contribution in [3.8, 4) is 5.75 Å². The van der Waals surface area contributed by atoms with Crippen molar-refractivity contribution in [1.29, 1.82) is 0 Å². The van der Waals surface area contributed by atoms with Gasteiger partial charge < -0.3 is 9.75 Å². The van der Waals surface area contributed by atoms with E-state index in [0.29, 0.717) is 0 Å². The van der Waals surface area contributed by atoms with Crippen LogP contribution >= 0.6 is 0 Å².